The van der Waals surface area contributed by atoms with Crippen LogP contribution in [0.4, 0.5) is 5.69 Å². The van der Waals surface area contributed by atoms with E-state index >= 15 is 0 Å². The summed E-state index contributed by atoms with van der Waals surface area (Å²) in [6, 6.07) is 5.23. The number of carbonyl (C=O) groups is 2. The van der Waals surface area contributed by atoms with E-state index in [1.807, 2.05) is 18.2 Å². The van der Waals surface area contributed by atoms with Crippen molar-refractivity contribution in [1.82, 2.24) is 14.9 Å². The predicted molar refractivity (Wildman–Crippen MR) is 98.8 cm³/mol. The number of imidazole rings is 1. The number of aromatic amines is 2. The van der Waals surface area contributed by atoms with Crippen LogP contribution >= 0.6 is 12.2 Å². The van der Waals surface area contributed by atoms with E-state index in [-0.39, 0.29) is 23.8 Å². The fourth-order valence-electron chi connectivity index (χ4n) is 4.05. The number of nitrogens with zero attached hydrogens (tertiary/aromatic N) is 1. The Labute approximate surface area is 151 Å². The van der Waals surface area contributed by atoms with Gasteiger partial charge in [0.1, 0.15) is 6.04 Å². The van der Waals surface area contributed by atoms with E-state index in [9.17, 15) is 9.59 Å². The summed E-state index contributed by atoms with van der Waals surface area (Å²) in [7, 11) is 0. The van der Waals surface area contributed by atoms with Gasteiger partial charge >= 0.3 is 0 Å². The Morgan fingerprint density at radius 2 is 1.84 bits per heavy atom. The lowest BCUT2D eigenvalue weighted by atomic mass is 10.1. The predicted octanol–water partition coefficient (Wildman–Crippen LogP) is 3.35. The standard InChI is InChI=1S/C18H22N4O2S/c23-16(19-12-7-8-13-14(10-12)21-18(25)20-13)15-6-3-9-22(15)17(24)11-4-1-2-5-11/h7-8,10-11,15H,1-6,9H2,(H,19,23)(H2,20,21,25)/t15-/m1/s1. The molecule has 6 nitrogen and oxygen atoms in total. The molecular weight excluding hydrogens is 336 g/mol. The summed E-state index contributed by atoms with van der Waals surface area (Å²) >= 11 is 5.09. The van der Waals surface area contributed by atoms with Crippen molar-refractivity contribution in [3.63, 3.8) is 0 Å². The molecule has 2 amide bonds. The molecule has 7 heteroatoms. The van der Waals surface area contributed by atoms with E-state index in [1.165, 1.54) is 0 Å². The zero-order valence-corrected chi connectivity index (χ0v) is 14.8. The first-order valence-corrected chi connectivity index (χ1v) is 9.36. The van der Waals surface area contributed by atoms with Gasteiger partial charge in [-0.3, -0.25) is 9.59 Å². The quantitative estimate of drug-likeness (QED) is 0.736. The fourth-order valence-corrected chi connectivity index (χ4v) is 4.27. The van der Waals surface area contributed by atoms with Crippen molar-refractivity contribution in [2.75, 3.05) is 11.9 Å². The Balaban J connectivity index is 1.48. The molecule has 132 valence electrons. The van der Waals surface area contributed by atoms with Crippen molar-refractivity contribution in [1.29, 1.82) is 0 Å². The van der Waals surface area contributed by atoms with Gasteiger partial charge < -0.3 is 20.2 Å². The first-order chi connectivity index (χ1) is 12.1. The second-order valence-corrected chi connectivity index (χ2v) is 7.41. The molecule has 1 saturated heterocycles. The molecule has 1 aromatic heterocycles. The van der Waals surface area contributed by atoms with Crippen molar-refractivity contribution >= 4 is 40.8 Å². The normalized spacial score (nSPS) is 21.1. The number of H-pyrrole nitrogens is 2. The molecule has 0 bridgehead atoms. The van der Waals surface area contributed by atoms with E-state index in [0.29, 0.717) is 17.0 Å². The van der Waals surface area contributed by atoms with Gasteiger partial charge in [-0.1, -0.05) is 12.8 Å². The fraction of sp³-hybridized carbons (Fsp3) is 0.500. The van der Waals surface area contributed by atoms with Gasteiger partial charge in [0.05, 0.1) is 11.0 Å². The molecule has 2 heterocycles. The van der Waals surface area contributed by atoms with Crippen LogP contribution in [0.3, 0.4) is 0 Å². The van der Waals surface area contributed by atoms with Gasteiger partial charge in [0.25, 0.3) is 0 Å². The van der Waals surface area contributed by atoms with Gasteiger partial charge in [0.2, 0.25) is 11.8 Å². The largest absolute Gasteiger partial charge is 0.331 e. The second kappa shape index (κ2) is 6.63. The molecule has 0 unspecified atom stereocenters. The summed E-state index contributed by atoms with van der Waals surface area (Å²) in [6.45, 7) is 0.692. The highest BCUT2D eigenvalue weighted by molar-refractivity contribution is 7.71. The van der Waals surface area contributed by atoms with Crippen molar-refractivity contribution in [2.45, 2.75) is 44.6 Å². The average Bonchev–Trinajstić information content (AvgIpc) is 3.33. The molecule has 25 heavy (non-hydrogen) atoms. The Kier molecular flexibility index (Phi) is 4.33. The maximum absolute atomic E-state index is 12.7. The van der Waals surface area contributed by atoms with Crippen LogP contribution in [0.1, 0.15) is 38.5 Å². The lowest BCUT2D eigenvalue weighted by molar-refractivity contribution is -0.140. The summed E-state index contributed by atoms with van der Waals surface area (Å²) in [6.07, 6.45) is 5.80. The monoisotopic (exact) mass is 358 g/mol. The van der Waals surface area contributed by atoms with Crippen LogP contribution in [-0.2, 0) is 9.59 Å². The number of carbonyl (C=O) groups excluding carboxylic acids is 2. The molecule has 1 atom stereocenters. The van der Waals surface area contributed by atoms with Crippen molar-refractivity contribution in [3.05, 3.63) is 23.0 Å². The minimum Gasteiger partial charge on any atom is -0.331 e. The number of hydrogen-bond donors (Lipinski definition) is 3. The topological polar surface area (TPSA) is 81.0 Å². The Bertz CT molecular complexity index is 865. The van der Waals surface area contributed by atoms with Crippen molar-refractivity contribution < 1.29 is 9.59 Å². The van der Waals surface area contributed by atoms with Gasteiger partial charge in [0, 0.05) is 18.2 Å². The highest BCUT2D eigenvalue weighted by Gasteiger charge is 2.37. The number of rotatable bonds is 3. The number of benzene rings is 1. The van der Waals surface area contributed by atoms with Crippen molar-refractivity contribution in [2.24, 2.45) is 5.92 Å². The van der Waals surface area contributed by atoms with Crippen LogP contribution < -0.4 is 5.32 Å². The number of aromatic nitrogens is 2. The van der Waals surface area contributed by atoms with E-state index in [4.69, 9.17) is 12.2 Å². The Hall–Kier alpha value is -2.15. The molecule has 1 aliphatic heterocycles. The smallest absolute Gasteiger partial charge is 0.247 e. The average molecular weight is 358 g/mol. The molecule has 0 spiro atoms. The van der Waals surface area contributed by atoms with E-state index in [1.54, 1.807) is 4.90 Å². The summed E-state index contributed by atoms with van der Waals surface area (Å²) < 4.78 is 0.558. The van der Waals surface area contributed by atoms with E-state index in [2.05, 4.69) is 15.3 Å². The van der Waals surface area contributed by atoms with Crippen LogP contribution in [0.5, 0.6) is 0 Å². The third-order valence-electron chi connectivity index (χ3n) is 5.33. The van der Waals surface area contributed by atoms with Gasteiger partial charge in [-0.25, -0.2) is 0 Å². The van der Waals surface area contributed by atoms with Crippen LogP contribution in [0.15, 0.2) is 18.2 Å². The Morgan fingerprint density at radius 3 is 2.64 bits per heavy atom. The number of fused-ring (bicyclic) bond motifs is 1. The Morgan fingerprint density at radius 1 is 1.08 bits per heavy atom. The van der Waals surface area contributed by atoms with Crippen LogP contribution in [0, 0.1) is 10.7 Å². The number of anilines is 1. The van der Waals surface area contributed by atoms with Gasteiger partial charge in [-0.2, -0.15) is 0 Å². The summed E-state index contributed by atoms with van der Waals surface area (Å²) in [4.78, 5) is 33.3. The molecule has 2 aromatic rings. The molecule has 1 saturated carbocycles. The molecule has 2 aliphatic rings. The maximum Gasteiger partial charge on any atom is 0.247 e. The van der Waals surface area contributed by atoms with Crippen LogP contribution in [0.2, 0.25) is 0 Å². The molecule has 3 N–H and O–H groups in total. The third kappa shape index (κ3) is 3.20. The molecule has 0 radical (unpaired) electrons. The minimum absolute atomic E-state index is 0.0997. The number of likely N-dealkylation sites (tertiary alicyclic amines) is 1. The van der Waals surface area contributed by atoms with Gasteiger partial charge in [0.15, 0.2) is 4.77 Å². The number of hydrogen-bond acceptors (Lipinski definition) is 3. The summed E-state index contributed by atoms with van der Waals surface area (Å²) in [5, 5.41) is 2.96. The number of amides is 2. The molecule has 2 fully saturated rings. The first-order valence-electron chi connectivity index (χ1n) is 8.95. The second-order valence-electron chi connectivity index (χ2n) is 7.00. The van der Waals surface area contributed by atoms with Crippen molar-refractivity contribution in [3.8, 4) is 0 Å². The lowest BCUT2D eigenvalue weighted by Gasteiger charge is -2.26. The molecular formula is C18H22N4O2S. The van der Waals surface area contributed by atoms with Gasteiger partial charge in [-0.15, -0.1) is 0 Å². The molecule has 1 aliphatic carbocycles. The summed E-state index contributed by atoms with van der Waals surface area (Å²) in [5.74, 6) is 0.183. The van der Waals surface area contributed by atoms with E-state index in [0.717, 1.165) is 49.6 Å². The first kappa shape index (κ1) is 16.3. The van der Waals surface area contributed by atoms with Crippen LogP contribution in [0.25, 0.3) is 11.0 Å². The molecule has 4 rings (SSSR count). The molecule has 1 aromatic carbocycles. The van der Waals surface area contributed by atoms with E-state index < -0.39 is 0 Å². The minimum atomic E-state index is -0.353. The number of nitrogens with one attached hydrogen (secondary N) is 3. The van der Waals surface area contributed by atoms with Gasteiger partial charge in [-0.05, 0) is 56.1 Å². The lowest BCUT2D eigenvalue weighted by Crippen LogP contribution is -2.45. The maximum atomic E-state index is 12.7. The highest BCUT2D eigenvalue weighted by Crippen LogP contribution is 2.30. The van der Waals surface area contributed by atoms with Crippen LogP contribution in [-0.4, -0.2) is 39.3 Å². The zero-order chi connectivity index (χ0) is 17.4. The zero-order valence-electron chi connectivity index (χ0n) is 14.0. The third-order valence-corrected chi connectivity index (χ3v) is 5.53. The SMILES string of the molecule is O=C(Nc1ccc2[nH]c(=S)[nH]c2c1)[C@H]1CCCN1C(=O)C1CCCC1. The highest BCUT2D eigenvalue weighted by atomic mass is 32.1. The summed E-state index contributed by atoms with van der Waals surface area (Å²) in [5.41, 5.74) is 2.47.